The van der Waals surface area contributed by atoms with E-state index in [0.717, 1.165) is 5.39 Å². The van der Waals surface area contributed by atoms with Crippen LogP contribution in [0, 0.1) is 0 Å². The molecule has 0 amide bonds. The summed E-state index contributed by atoms with van der Waals surface area (Å²) >= 11 is 0. The van der Waals surface area contributed by atoms with Gasteiger partial charge >= 0.3 is 13.7 Å². The molecule has 13 heteroatoms. The lowest BCUT2D eigenvalue weighted by molar-refractivity contribution is -0.149. The van der Waals surface area contributed by atoms with E-state index in [-0.39, 0.29) is 18.2 Å². The second kappa shape index (κ2) is 13.1. The molecule has 0 bridgehead atoms. The number of para-hydroxylation sites is 1. The standard InChI is InChI=1S/C32H38N5O7P/c1-6-41-18-27-35-28-29(24-15-9-10-16-25(24)34-30(28)33)37(27)32(5,39)19-42-45(40,36-21(4)31(38)43-20(2)3)44-26-17-11-13-22-12-7-8-14-23(22)26/h7-17,20-21,39H,6,18-19H2,1-5H3,(H2,33,34)(H,36,40)/t21-,32?,45-/m0/s1. The minimum Gasteiger partial charge on any atom is -0.462 e. The van der Waals surface area contributed by atoms with Crippen LogP contribution < -0.4 is 15.3 Å². The van der Waals surface area contributed by atoms with E-state index in [1.807, 2.05) is 61.5 Å². The number of hydrogen-bond acceptors (Lipinski definition) is 10. The summed E-state index contributed by atoms with van der Waals surface area (Å²) < 4.78 is 39.0. The quantitative estimate of drug-likeness (QED) is 0.108. The predicted molar refractivity (Wildman–Crippen MR) is 173 cm³/mol. The van der Waals surface area contributed by atoms with Crippen LogP contribution in [0.1, 0.15) is 40.4 Å². The Kier molecular flexibility index (Phi) is 9.43. The summed E-state index contributed by atoms with van der Waals surface area (Å²) in [7, 11) is -4.36. The van der Waals surface area contributed by atoms with Crippen LogP contribution in [0.4, 0.5) is 5.82 Å². The number of nitrogens with one attached hydrogen (secondary N) is 1. The molecule has 5 rings (SSSR count). The van der Waals surface area contributed by atoms with Crippen molar-refractivity contribution in [1.82, 2.24) is 19.6 Å². The number of hydrogen-bond donors (Lipinski definition) is 3. The van der Waals surface area contributed by atoms with Crippen molar-refractivity contribution in [3.8, 4) is 5.75 Å². The van der Waals surface area contributed by atoms with Crippen LogP contribution in [-0.4, -0.2) is 51.0 Å². The number of anilines is 1. The van der Waals surface area contributed by atoms with Gasteiger partial charge in [0, 0.05) is 17.4 Å². The fraction of sp³-hybridized carbons (Fsp3) is 0.344. The van der Waals surface area contributed by atoms with Gasteiger partial charge in [-0.1, -0.05) is 54.6 Å². The van der Waals surface area contributed by atoms with E-state index in [1.54, 1.807) is 30.5 Å². The predicted octanol–water partition coefficient (Wildman–Crippen LogP) is 5.65. The summed E-state index contributed by atoms with van der Waals surface area (Å²) in [5, 5.41) is 17.0. The molecule has 1 unspecified atom stereocenters. The first-order valence-corrected chi connectivity index (χ1v) is 16.2. The number of nitrogen functional groups attached to an aromatic ring is 1. The van der Waals surface area contributed by atoms with Gasteiger partial charge in [0.1, 0.15) is 36.3 Å². The van der Waals surface area contributed by atoms with E-state index in [9.17, 15) is 14.5 Å². The van der Waals surface area contributed by atoms with Crippen molar-refractivity contribution in [3.63, 3.8) is 0 Å². The normalized spacial score (nSPS) is 15.3. The summed E-state index contributed by atoms with van der Waals surface area (Å²) in [6, 6.07) is 19.0. The van der Waals surface area contributed by atoms with Crippen LogP contribution >= 0.6 is 7.75 Å². The Bertz CT molecular complexity index is 1890. The first-order valence-electron chi connectivity index (χ1n) is 14.7. The maximum atomic E-state index is 14.5. The molecular formula is C32H38N5O7P. The summed E-state index contributed by atoms with van der Waals surface area (Å²) in [6.45, 7) is 8.17. The van der Waals surface area contributed by atoms with Crippen LogP contribution in [0.2, 0.25) is 0 Å². The third-order valence-corrected chi connectivity index (χ3v) is 8.65. The highest BCUT2D eigenvalue weighted by Crippen LogP contribution is 2.48. The largest absolute Gasteiger partial charge is 0.462 e. The lowest BCUT2D eigenvalue weighted by atomic mass is 10.1. The zero-order valence-electron chi connectivity index (χ0n) is 25.9. The van der Waals surface area contributed by atoms with E-state index in [2.05, 4.69) is 15.1 Å². The number of fused-ring (bicyclic) bond motifs is 4. The number of aromatic nitrogens is 3. The molecule has 3 atom stereocenters. The summed E-state index contributed by atoms with van der Waals surface area (Å²) in [6.07, 6.45) is -0.392. The van der Waals surface area contributed by atoms with Crippen LogP contribution in [0.5, 0.6) is 5.75 Å². The molecule has 12 nitrogen and oxygen atoms in total. The van der Waals surface area contributed by atoms with Gasteiger partial charge in [-0.05, 0) is 52.1 Å². The molecule has 238 valence electrons. The molecule has 0 aliphatic heterocycles. The number of rotatable bonds is 13. The third kappa shape index (κ3) is 6.95. The second-order valence-corrected chi connectivity index (χ2v) is 12.8. The van der Waals surface area contributed by atoms with Crippen molar-refractivity contribution in [2.24, 2.45) is 0 Å². The number of nitrogens with zero attached hydrogens (tertiary/aromatic N) is 3. The Balaban J connectivity index is 1.56. The smallest absolute Gasteiger partial charge is 0.459 e. The molecule has 2 heterocycles. The fourth-order valence-corrected chi connectivity index (χ4v) is 6.64. The second-order valence-electron chi connectivity index (χ2n) is 11.1. The minimum absolute atomic E-state index is 0.0512. The number of esters is 1. The third-order valence-electron chi connectivity index (χ3n) is 7.04. The molecule has 4 N–H and O–H groups in total. The van der Waals surface area contributed by atoms with Crippen LogP contribution in [0.15, 0.2) is 66.7 Å². The van der Waals surface area contributed by atoms with Gasteiger partial charge in [0.2, 0.25) is 0 Å². The zero-order chi connectivity index (χ0) is 32.4. The Morgan fingerprint density at radius 1 is 1.04 bits per heavy atom. The van der Waals surface area contributed by atoms with E-state index in [0.29, 0.717) is 39.8 Å². The molecule has 0 saturated carbocycles. The molecule has 0 saturated heterocycles. The van der Waals surface area contributed by atoms with Gasteiger partial charge in [-0.25, -0.2) is 14.5 Å². The van der Waals surface area contributed by atoms with Gasteiger partial charge in [-0.15, -0.1) is 0 Å². The monoisotopic (exact) mass is 635 g/mol. The lowest BCUT2D eigenvalue weighted by Crippen LogP contribution is -2.40. The van der Waals surface area contributed by atoms with Crippen LogP contribution in [0.25, 0.3) is 32.7 Å². The van der Waals surface area contributed by atoms with E-state index < -0.39 is 38.2 Å². The number of aliphatic hydroxyl groups is 1. The van der Waals surface area contributed by atoms with Crippen molar-refractivity contribution in [1.29, 1.82) is 0 Å². The van der Waals surface area contributed by atoms with Crippen LogP contribution in [-0.2, 0) is 35.7 Å². The van der Waals surface area contributed by atoms with Gasteiger partial charge in [0.25, 0.3) is 0 Å². The highest BCUT2D eigenvalue weighted by atomic mass is 31.2. The lowest BCUT2D eigenvalue weighted by Gasteiger charge is -2.30. The average Bonchev–Trinajstić information content (AvgIpc) is 3.40. The van der Waals surface area contributed by atoms with Crippen LogP contribution in [0.3, 0.4) is 0 Å². The highest BCUT2D eigenvalue weighted by molar-refractivity contribution is 7.52. The number of benzene rings is 3. The Morgan fingerprint density at radius 2 is 1.73 bits per heavy atom. The topological polar surface area (TPSA) is 160 Å². The molecule has 0 spiro atoms. The maximum Gasteiger partial charge on any atom is 0.459 e. The molecule has 2 aromatic heterocycles. The first kappa shape index (κ1) is 32.3. The zero-order valence-corrected chi connectivity index (χ0v) is 26.8. The fourth-order valence-electron chi connectivity index (χ4n) is 5.05. The minimum atomic E-state index is -4.36. The summed E-state index contributed by atoms with van der Waals surface area (Å²) in [5.74, 6) is 0.164. The van der Waals surface area contributed by atoms with Crippen molar-refractivity contribution < 1.29 is 33.0 Å². The number of carbonyl (C=O) groups excluding carboxylic acids is 1. The van der Waals surface area contributed by atoms with Gasteiger partial charge in [0.05, 0.1) is 17.1 Å². The van der Waals surface area contributed by atoms with Crippen molar-refractivity contribution in [3.05, 3.63) is 72.6 Å². The SMILES string of the molecule is CCOCc1nc2c(N)nc3ccccc3c2n1C(C)(O)CO[P@@](=O)(N[C@@H](C)C(=O)OC(C)C)Oc1cccc2ccccc12. The number of ether oxygens (including phenoxy) is 2. The first-order chi connectivity index (χ1) is 21.4. The number of pyridine rings is 1. The Hall–Kier alpha value is -4.06. The van der Waals surface area contributed by atoms with Crippen molar-refractivity contribution in [2.75, 3.05) is 18.9 Å². The molecule has 0 aliphatic rings. The summed E-state index contributed by atoms with van der Waals surface area (Å²) in [5.41, 5.74) is 5.94. The Labute approximate surface area is 261 Å². The number of carbonyl (C=O) groups is 1. The molecule has 45 heavy (non-hydrogen) atoms. The molecule has 0 radical (unpaired) electrons. The maximum absolute atomic E-state index is 14.5. The van der Waals surface area contributed by atoms with Gasteiger partial charge < -0.3 is 24.8 Å². The van der Waals surface area contributed by atoms with Gasteiger partial charge in [0.15, 0.2) is 11.5 Å². The molecule has 5 aromatic rings. The van der Waals surface area contributed by atoms with Gasteiger partial charge in [-0.2, -0.15) is 5.09 Å². The van der Waals surface area contributed by atoms with E-state index in [4.69, 9.17) is 24.3 Å². The number of imidazole rings is 1. The molecule has 3 aromatic carbocycles. The van der Waals surface area contributed by atoms with E-state index >= 15 is 0 Å². The molecular weight excluding hydrogens is 597 g/mol. The molecule has 0 aliphatic carbocycles. The number of nitrogens with two attached hydrogens (primary N) is 1. The highest BCUT2D eigenvalue weighted by Gasteiger charge is 2.38. The average molecular weight is 636 g/mol. The van der Waals surface area contributed by atoms with Crippen molar-refractivity contribution >= 4 is 52.2 Å². The van der Waals surface area contributed by atoms with Crippen molar-refractivity contribution in [2.45, 2.75) is 59.1 Å². The Morgan fingerprint density at radius 3 is 2.47 bits per heavy atom. The van der Waals surface area contributed by atoms with E-state index in [1.165, 1.54) is 13.8 Å². The van der Waals surface area contributed by atoms with Gasteiger partial charge in [-0.3, -0.25) is 13.9 Å². The summed E-state index contributed by atoms with van der Waals surface area (Å²) in [4.78, 5) is 21.9. The molecule has 0 fully saturated rings.